The molecular formula is C47H58FN9O7S. The molecule has 6 heterocycles. The Balaban J connectivity index is 0.755. The number of aromatic nitrogens is 3. The summed E-state index contributed by atoms with van der Waals surface area (Å²) >= 11 is 1.16. The second-order valence-electron chi connectivity index (χ2n) is 19.6. The SMILES string of the molecule is CC1(C)COc2c(CN3CCN(C4CC5(C4)CN(c4ccc(C(=O)NSC6C=C([N+](=O)[O-])C(NC[C@H]7CC[C@H](O)CC7)CC6)c(Oc6cnc7[nH]cc(F)c7c6)c4)C5)CC3)ccnc2O1. The van der Waals surface area contributed by atoms with Gasteiger partial charge in [0, 0.05) is 98.3 Å². The number of benzene rings is 1. The van der Waals surface area contributed by atoms with E-state index in [4.69, 9.17) is 14.2 Å². The summed E-state index contributed by atoms with van der Waals surface area (Å²) in [4.78, 5) is 44.7. The van der Waals surface area contributed by atoms with Crippen molar-refractivity contribution in [2.75, 3.05) is 57.3 Å². The lowest BCUT2D eigenvalue weighted by Crippen LogP contribution is -2.68. The minimum Gasteiger partial charge on any atom is -0.483 e. The predicted molar refractivity (Wildman–Crippen MR) is 244 cm³/mol. The van der Waals surface area contributed by atoms with Gasteiger partial charge in [-0.2, -0.15) is 0 Å². The summed E-state index contributed by atoms with van der Waals surface area (Å²) < 4.78 is 36.0. The van der Waals surface area contributed by atoms with Crippen LogP contribution < -0.4 is 29.1 Å². The Morgan fingerprint density at radius 1 is 1.08 bits per heavy atom. The number of nitrogens with zero attached hydrogens (tertiary/aromatic N) is 6. The molecule has 16 nitrogen and oxygen atoms in total. The number of pyridine rings is 2. The van der Waals surface area contributed by atoms with Crippen molar-refractivity contribution in [2.24, 2.45) is 11.3 Å². The van der Waals surface area contributed by atoms with E-state index < -0.39 is 17.3 Å². The summed E-state index contributed by atoms with van der Waals surface area (Å²) in [5, 5.41) is 25.4. The largest absolute Gasteiger partial charge is 0.483 e. The van der Waals surface area contributed by atoms with Gasteiger partial charge in [0.15, 0.2) is 5.75 Å². The molecule has 65 heavy (non-hydrogen) atoms. The quantitative estimate of drug-likeness (QED) is 0.0654. The van der Waals surface area contributed by atoms with Gasteiger partial charge < -0.3 is 34.5 Å². The van der Waals surface area contributed by atoms with Crippen molar-refractivity contribution < 1.29 is 33.4 Å². The van der Waals surface area contributed by atoms with E-state index in [1.165, 1.54) is 12.4 Å². The number of carbonyl (C=O) groups excluding carboxylic acids is 1. The Morgan fingerprint density at radius 2 is 1.88 bits per heavy atom. The summed E-state index contributed by atoms with van der Waals surface area (Å²) in [7, 11) is 0. The van der Waals surface area contributed by atoms with Gasteiger partial charge in [-0.25, -0.2) is 14.4 Å². The van der Waals surface area contributed by atoms with E-state index in [0.29, 0.717) is 55.2 Å². The zero-order valence-electron chi connectivity index (χ0n) is 37.0. The van der Waals surface area contributed by atoms with Crippen LogP contribution in [0.15, 0.2) is 60.7 Å². The molecule has 1 spiro atoms. The summed E-state index contributed by atoms with van der Waals surface area (Å²) in [6.45, 7) is 11.8. The minimum atomic E-state index is -0.452. The first kappa shape index (κ1) is 43.9. The number of anilines is 1. The highest BCUT2D eigenvalue weighted by Crippen LogP contribution is 2.52. The third-order valence-corrected chi connectivity index (χ3v) is 15.3. The topological polar surface area (TPSA) is 183 Å². The van der Waals surface area contributed by atoms with Gasteiger partial charge in [0.05, 0.1) is 34.2 Å². The Hall–Kier alpha value is -5.01. The van der Waals surface area contributed by atoms with Crippen molar-refractivity contribution in [2.45, 2.75) is 101 Å². The van der Waals surface area contributed by atoms with Crippen LogP contribution in [0.25, 0.3) is 11.0 Å². The van der Waals surface area contributed by atoms with Crippen LogP contribution in [-0.4, -0.2) is 122 Å². The Kier molecular flexibility index (Phi) is 12.1. The second kappa shape index (κ2) is 18.0. The monoisotopic (exact) mass is 911 g/mol. The van der Waals surface area contributed by atoms with Crippen LogP contribution >= 0.6 is 11.9 Å². The van der Waals surface area contributed by atoms with Crippen molar-refractivity contribution in [3.63, 3.8) is 0 Å². The average molecular weight is 912 g/mol. The lowest BCUT2D eigenvalue weighted by Gasteiger charge is -2.62. The van der Waals surface area contributed by atoms with E-state index >= 15 is 0 Å². The Labute approximate surface area is 381 Å². The molecule has 4 aromatic rings. The number of nitro groups is 1. The van der Waals surface area contributed by atoms with Gasteiger partial charge in [-0.3, -0.25) is 29.4 Å². The normalized spacial score (nSPS) is 25.4. The Morgan fingerprint density at radius 3 is 2.66 bits per heavy atom. The number of fused-ring (bicyclic) bond motifs is 2. The van der Waals surface area contributed by atoms with Crippen LogP contribution in [0.4, 0.5) is 10.1 Å². The number of piperazine rings is 1. The van der Waals surface area contributed by atoms with E-state index in [2.05, 4.69) is 39.7 Å². The van der Waals surface area contributed by atoms with Crippen LogP contribution in [0, 0.1) is 27.3 Å². The standard InChI is InChI=1S/C47H58FN9O7S/c1-46(2)28-62-42-30(11-12-49-45(42)64-46)25-54-13-15-55(16-14-54)32-20-47(21-32)26-56(27-47)31-5-9-36(41(17-31)63-34-18-37-38(48)24-52-43(37)51-23-34)44(59)53-65-35-8-10-39(40(19-35)57(60)61)50-22-29-3-6-33(58)7-4-29/h5,9,11-12,17-19,23-24,29,32-33,35,39,50,58H,3-4,6-8,10,13-16,20-22,25-28H2,1-2H3,(H,51,52)(H,53,59)/t29-,33-,35?,39?. The second-order valence-corrected chi connectivity index (χ2v) is 20.7. The molecule has 346 valence electrons. The number of carbonyl (C=O) groups is 1. The van der Waals surface area contributed by atoms with E-state index in [-0.39, 0.29) is 50.1 Å². The molecule has 1 amide bonds. The smallest absolute Gasteiger partial charge is 0.264 e. The molecule has 4 N–H and O–H groups in total. The fourth-order valence-corrected chi connectivity index (χ4v) is 11.4. The summed E-state index contributed by atoms with van der Waals surface area (Å²) in [5.74, 6) is 1.48. The fourth-order valence-electron chi connectivity index (χ4n) is 10.6. The first-order chi connectivity index (χ1) is 31.4. The van der Waals surface area contributed by atoms with Crippen LogP contribution in [0.5, 0.6) is 23.1 Å². The summed E-state index contributed by atoms with van der Waals surface area (Å²) in [6.07, 6.45) is 12.8. The highest BCUT2D eigenvalue weighted by molar-refractivity contribution is 7.98. The molecule has 1 aromatic carbocycles. The molecule has 4 fully saturated rings. The van der Waals surface area contributed by atoms with Crippen molar-refractivity contribution >= 4 is 34.6 Å². The zero-order chi connectivity index (χ0) is 44.9. The first-order valence-corrected chi connectivity index (χ1v) is 23.9. The molecule has 0 bridgehead atoms. The number of halogens is 1. The molecule has 2 unspecified atom stereocenters. The number of aromatic amines is 1. The molecule has 10 rings (SSSR count). The van der Waals surface area contributed by atoms with Crippen molar-refractivity contribution in [1.82, 2.24) is 34.8 Å². The Bertz CT molecular complexity index is 2440. The summed E-state index contributed by atoms with van der Waals surface area (Å²) in [5.41, 5.74) is 2.70. The average Bonchev–Trinajstić information content (AvgIpc) is 3.64. The number of aliphatic hydroxyl groups excluding tert-OH is 1. The number of hydrogen-bond acceptors (Lipinski definition) is 14. The van der Waals surface area contributed by atoms with E-state index in [9.17, 15) is 24.4 Å². The zero-order valence-corrected chi connectivity index (χ0v) is 37.8. The summed E-state index contributed by atoms with van der Waals surface area (Å²) in [6, 6.07) is 9.35. The van der Waals surface area contributed by atoms with Crippen LogP contribution in [0.1, 0.15) is 81.1 Å². The lowest BCUT2D eigenvalue weighted by atomic mass is 9.60. The van der Waals surface area contributed by atoms with E-state index in [1.807, 2.05) is 38.2 Å². The van der Waals surface area contributed by atoms with Crippen LogP contribution in [0.2, 0.25) is 0 Å². The lowest BCUT2D eigenvalue weighted by molar-refractivity contribution is -0.431. The third-order valence-electron chi connectivity index (χ3n) is 14.3. The molecule has 2 atom stereocenters. The van der Waals surface area contributed by atoms with Crippen molar-refractivity contribution in [1.29, 1.82) is 0 Å². The number of nitrogens with one attached hydrogen (secondary N) is 3. The van der Waals surface area contributed by atoms with Gasteiger partial charge in [0.25, 0.3) is 17.5 Å². The molecule has 2 saturated carbocycles. The number of hydrogen-bond donors (Lipinski definition) is 4. The van der Waals surface area contributed by atoms with Gasteiger partial charge in [0.1, 0.15) is 35.2 Å². The molecule has 2 saturated heterocycles. The number of aliphatic hydroxyl groups is 1. The first-order valence-electron chi connectivity index (χ1n) is 23.1. The maximum Gasteiger partial charge on any atom is 0.264 e. The van der Waals surface area contributed by atoms with Gasteiger partial charge in [-0.05, 0) is 114 Å². The third kappa shape index (κ3) is 9.50. The highest BCUT2D eigenvalue weighted by atomic mass is 32.2. The van der Waals surface area contributed by atoms with Gasteiger partial charge in [0.2, 0.25) is 0 Å². The molecule has 3 aliphatic carbocycles. The molecule has 18 heteroatoms. The van der Waals surface area contributed by atoms with Crippen molar-refractivity contribution in [3.05, 3.63) is 87.8 Å². The number of rotatable bonds is 13. The van der Waals surface area contributed by atoms with Crippen molar-refractivity contribution in [3.8, 4) is 23.1 Å². The molecule has 3 aromatic heterocycles. The van der Waals surface area contributed by atoms with E-state index in [0.717, 1.165) is 113 Å². The number of amides is 1. The maximum absolute atomic E-state index is 14.6. The highest BCUT2D eigenvalue weighted by Gasteiger charge is 2.54. The van der Waals surface area contributed by atoms with Crippen LogP contribution in [-0.2, 0) is 6.54 Å². The minimum absolute atomic E-state index is 0.117. The van der Waals surface area contributed by atoms with E-state index in [1.54, 1.807) is 18.2 Å². The maximum atomic E-state index is 14.6. The predicted octanol–water partition coefficient (Wildman–Crippen LogP) is 6.44. The van der Waals surface area contributed by atoms with Crippen LogP contribution in [0.3, 0.4) is 0 Å². The van der Waals surface area contributed by atoms with Gasteiger partial charge >= 0.3 is 0 Å². The van der Waals surface area contributed by atoms with Gasteiger partial charge in [-0.15, -0.1) is 0 Å². The fraction of sp³-hybridized carbons (Fsp3) is 0.553. The molecule has 6 aliphatic rings. The van der Waals surface area contributed by atoms with Gasteiger partial charge in [-0.1, -0.05) is 0 Å². The molecule has 3 aliphatic heterocycles. The molecular weight excluding hydrogens is 854 g/mol. The molecule has 0 radical (unpaired) electrons. The number of ether oxygens (including phenoxy) is 3. The number of H-pyrrole nitrogens is 1.